The van der Waals surface area contributed by atoms with Crippen molar-refractivity contribution in [2.45, 2.75) is 45.8 Å². The van der Waals surface area contributed by atoms with E-state index in [1.165, 1.54) is 0 Å². The zero-order chi connectivity index (χ0) is 12.0. The van der Waals surface area contributed by atoms with Gasteiger partial charge in [0.1, 0.15) is 5.60 Å². The van der Waals surface area contributed by atoms with Gasteiger partial charge in [0.05, 0.1) is 5.69 Å². The molecular weight excluding hydrogens is 202 g/mol. The summed E-state index contributed by atoms with van der Waals surface area (Å²) >= 11 is 0. The van der Waals surface area contributed by atoms with Crippen molar-refractivity contribution in [2.24, 2.45) is 0 Å². The van der Waals surface area contributed by atoms with Gasteiger partial charge in [-0.3, -0.25) is 4.68 Å². The molecule has 1 aromatic rings. The maximum atomic E-state index is 10.4. The highest BCUT2D eigenvalue weighted by molar-refractivity contribution is 5.10. The molecule has 1 unspecified atom stereocenters. The Balaban J connectivity index is 2.55. The highest BCUT2D eigenvalue weighted by Crippen LogP contribution is 2.23. The first-order valence-electron chi connectivity index (χ1n) is 6.07. The minimum Gasteiger partial charge on any atom is -0.384 e. The van der Waals surface area contributed by atoms with Gasteiger partial charge in [0.25, 0.3) is 0 Å². The molecule has 1 atom stereocenters. The summed E-state index contributed by atoms with van der Waals surface area (Å²) in [7, 11) is 0. The molecule has 1 heterocycles. The predicted molar refractivity (Wildman–Crippen MR) is 65.2 cm³/mol. The highest BCUT2D eigenvalue weighted by atomic mass is 16.3. The van der Waals surface area contributed by atoms with Crippen LogP contribution in [0, 0.1) is 0 Å². The summed E-state index contributed by atoms with van der Waals surface area (Å²) in [5, 5.41) is 17.9. The minimum atomic E-state index is -0.798. The number of hydrogen-bond donors (Lipinski definition) is 2. The van der Waals surface area contributed by atoms with E-state index in [-0.39, 0.29) is 0 Å². The molecule has 0 bridgehead atoms. The van der Waals surface area contributed by atoms with Crippen molar-refractivity contribution in [2.75, 3.05) is 13.1 Å². The van der Waals surface area contributed by atoms with Crippen LogP contribution < -0.4 is 5.32 Å². The first-order chi connectivity index (χ1) is 7.61. The summed E-state index contributed by atoms with van der Waals surface area (Å²) in [6.45, 7) is 8.64. The second-order valence-electron chi connectivity index (χ2n) is 4.31. The first-order valence-corrected chi connectivity index (χ1v) is 6.07. The van der Waals surface area contributed by atoms with Crippen molar-refractivity contribution in [3.8, 4) is 0 Å². The lowest BCUT2D eigenvalue weighted by Crippen LogP contribution is -2.30. The maximum absolute atomic E-state index is 10.4. The second-order valence-corrected chi connectivity index (χ2v) is 4.31. The van der Waals surface area contributed by atoms with E-state index in [2.05, 4.69) is 17.3 Å². The summed E-state index contributed by atoms with van der Waals surface area (Å²) in [6, 6.07) is 1.89. The maximum Gasteiger partial charge on any atom is 0.105 e. The number of rotatable bonds is 7. The summed E-state index contributed by atoms with van der Waals surface area (Å²) in [6.07, 6.45) is 3.57. The molecule has 0 saturated heterocycles. The number of nitrogens with one attached hydrogen (secondary N) is 1. The Kier molecular flexibility index (Phi) is 4.96. The Hall–Kier alpha value is -0.870. The third kappa shape index (κ3) is 3.32. The zero-order valence-corrected chi connectivity index (χ0v) is 10.5. The van der Waals surface area contributed by atoms with E-state index >= 15 is 0 Å². The Bertz CT molecular complexity index is 307. The normalized spacial score (nSPS) is 15.0. The van der Waals surface area contributed by atoms with E-state index in [0.717, 1.165) is 31.7 Å². The van der Waals surface area contributed by atoms with Crippen LogP contribution in [-0.2, 0) is 12.1 Å². The minimum absolute atomic E-state index is 0.707. The van der Waals surface area contributed by atoms with Crippen LogP contribution in [0.25, 0.3) is 0 Å². The smallest absolute Gasteiger partial charge is 0.105 e. The molecule has 16 heavy (non-hydrogen) atoms. The lowest BCUT2D eigenvalue weighted by molar-refractivity contribution is 0.0388. The van der Waals surface area contributed by atoms with Crippen LogP contribution >= 0.6 is 0 Å². The van der Waals surface area contributed by atoms with Gasteiger partial charge in [0, 0.05) is 12.7 Å². The van der Waals surface area contributed by atoms with Crippen LogP contribution in [0.4, 0.5) is 0 Å². The molecule has 0 radical (unpaired) electrons. The van der Waals surface area contributed by atoms with Crippen LogP contribution in [0.3, 0.4) is 0 Å². The van der Waals surface area contributed by atoms with Crippen molar-refractivity contribution in [1.29, 1.82) is 0 Å². The third-order valence-electron chi connectivity index (χ3n) is 2.78. The van der Waals surface area contributed by atoms with Crippen molar-refractivity contribution in [3.63, 3.8) is 0 Å². The summed E-state index contributed by atoms with van der Waals surface area (Å²) in [5.74, 6) is 0. The monoisotopic (exact) mass is 225 g/mol. The molecule has 2 N–H and O–H groups in total. The van der Waals surface area contributed by atoms with Crippen LogP contribution in [0.5, 0.6) is 0 Å². The topological polar surface area (TPSA) is 50.1 Å². The molecule has 0 amide bonds. The molecule has 0 aliphatic rings. The van der Waals surface area contributed by atoms with E-state index < -0.39 is 5.60 Å². The van der Waals surface area contributed by atoms with Crippen LogP contribution in [0.2, 0.25) is 0 Å². The van der Waals surface area contributed by atoms with Gasteiger partial charge in [0.2, 0.25) is 0 Å². The van der Waals surface area contributed by atoms with E-state index in [1.807, 2.05) is 24.6 Å². The summed E-state index contributed by atoms with van der Waals surface area (Å²) < 4.78 is 1.85. The lowest BCUT2D eigenvalue weighted by Gasteiger charge is -2.24. The van der Waals surface area contributed by atoms with E-state index in [0.29, 0.717) is 6.42 Å². The number of nitrogens with zero attached hydrogens (tertiary/aromatic N) is 2. The van der Waals surface area contributed by atoms with Gasteiger partial charge in [-0.2, -0.15) is 5.10 Å². The summed E-state index contributed by atoms with van der Waals surface area (Å²) in [4.78, 5) is 0. The average Bonchev–Trinajstić information content (AvgIpc) is 2.73. The quantitative estimate of drug-likeness (QED) is 0.691. The fourth-order valence-corrected chi connectivity index (χ4v) is 1.80. The molecule has 1 rings (SSSR count). The molecule has 92 valence electrons. The van der Waals surface area contributed by atoms with Crippen molar-refractivity contribution < 1.29 is 5.11 Å². The van der Waals surface area contributed by atoms with Crippen LogP contribution in [-0.4, -0.2) is 28.0 Å². The molecule has 0 fully saturated rings. The molecule has 4 heteroatoms. The van der Waals surface area contributed by atoms with Gasteiger partial charge >= 0.3 is 0 Å². The Morgan fingerprint density at radius 2 is 2.19 bits per heavy atom. The lowest BCUT2D eigenvalue weighted by atomic mass is 9.98. The number of hydrogen-bond acceptors (Lipinski definition) is 3. The molecule has 0 aromatic carbocycles. The standard InChI is InChI=1S/C12H23N3O/c1-4-8-13-10-7-12(3,16)11-6-9-14-15(11)5-2/h6,9,13,16H,4-5,7-8,10H2,1-3H3. The van der Waals surface area contributed by atoms with Gasteiger partial charge < -0.3 is 10.4 Å². The van der Waals surface area contributed by atoms with Gasteiger partial charge in [0.15, 0.2) is 0 Å². The van der Waals surface area contributed by atoms with Gasteiger partial charge in [-0.1, -0.05) is 6.92 Å². The average molecular weight is 225 g/mol. The summed E-state index contributed by atoms with van der Waals surface area (Å²) in [5.41, 5.74) is 0.0982. The largest absolute Gasteiger partial charge is 0.384 e. The molecule has 0 spiro atoms. The molecule has 4 nitrogen and oxygen atoms in total. The second kappa shape index (κ2) is 6.01. The van der Waals surface area contributed by atoms with E-state index in [4.69, 9.17) is 0 Å². The zero-order valence-electron chi connectivity index (χ0n) is 10.5. The van der Waals surface area contributed by atoms with E-state index in [1.54, 1.807) is 6.20 Å². The fraction of sp³-hybridized carbons (Fsp3) is 0.750. The van der Waals surface area contributed by atoms with Crippen molar-refractivity contribution >= 4 is 0 Å². The number of aromatic nitrogens is 2. The molecule has 0 aliphatic heterocycles. The molecule has 0 saturated carbocycles. The number of aliphatic hydroxyl groups is 1. The molecular formula is C12H23N3O. The SMILES string of the molecule is CCCNCCC(C)(O)c1ccnn1CC. The number of aryl methyl sites for hydroxylation is 1. The molecule has 1 aromatic heterocycles. The first kappa shape index (κ1) is 13.2. The van der Waals surface area contributed by atoms with Crippen LogP contribution in [0.1, 0.15) is 39.3 Å². The highest BCUT2D eigenvalue weighted by Gasteiger charge is 2.25. The van der Waals surface area contributed by atoms with Crippen molar-refractivity contribution in [3.05, 3.63) is 18.0 Å². The molecule has 0 aliphatic carbocycles. The Morgan fingerprint density at radius 1 is 1.44 bits per heavy atom. The Labute approximate surface area is 97.7 Å². The van der Waals surface area contributed by atoms with Gasteiger partial charge in [-0.05, 0) is 45.8 Å². The van der Waals surface area contributed by atoms with E-state index in [9.17, 15) is 5.11 Å². The predicted octanol–water partition coefficient (Wildman–Crippen LogP) is 1.50. The van der Waals surface area contributed by atoms with Crippen LogP contribution in [0.15, 0.2) is 12.3 Å². The van der Waals surface area contributed by atoms with Crippen molar-refractivity contribution in [1.82, 2.24) is 15.1 Å². The third-order valence-corrected chi connectivity index (χ3v) is 2.78. The van der Waals surface area contributed by atoms with Gasteiger partial charge in [-0.15, -0.1) is 0 Å². The Morgan fingerprint density at radius 3 is 2.81 bits per heavy atom. The fourth-order valence-electron chi connectivity index (χ4n) is 1.80. The van der Waals surface area contributed by atoms with Gasteiger partial charge in [-0.25, -0.2) is 0 Å².